The SMILES string of the molecule is C=CCOc1ccc(-c2ccc(C(=O)Oc3ccc(C(C)C(=O)OC)cc3)cc2)cc1. The molecule has 1 unspecified atom stereocenters. The van der Waals surface area contributed by atoms with Gasteiger partial charge in [0, 0.05) is 0 Å². The minimum Gasteiger partial charge on any atom is -0.490 e. The molecule has 3 aromatic rings. The first-order valence-corrected chi connectivity index (χ1v) is 9.86. The Morgan fingerprint density at radius 3 is 1.97 bits per heavy atom. The Labute approximate surface area is 181 Å². The van der Waals surface area contributed by atoms with Gasteiger partial charge in [-0.3, -0.25) is 4.79 Å². The molecule has 0 aromatic heterocycles. The van der Waals surface area contributed by atoms with Crippen molar-refractivity contribution in [1.82, 2.24) is 0 Å². The normalized spacial score (nSPS) is 11.3. The van der Waals surface area contributed by atoms with Crippen LogP contribution < -0.4 is 9.47 Å². The maximum atomic E-state index is 12.5. The first-order valence-electron chi connectivity index (χ1n) is 9.86. The van der Waals surface area contributed by atoms with Crippen molar-refractivity contribution in [2.75, 3.05) is 13.7 Å². The molecule has 1 atom stereocenters. The van der Waals surface area contributed by atoms with E-state index in [-0.39, 0.29) is 11.9 Å². The van der Waals surface area contributed by atoms with Crippen molar-refractivity contribution in [2.45, 2.75) is 12.8 Å². The van der Waals surface area contributed by atoms with Gasteiger partial charge in [-0.25, -0.2) is 4.79 Å². The molecular formula is C26H24O5. The lowest BCUT2D eigenvalue weighted by Gasteiger charge is -2.10. The predicted octanol–water partition coefficient (Wildman–Crippen LogP) is 5.41. The Morgan fingerprint density at radius 1 is 0.871 bits per heavy atom. The van der Waals surface area contributed by atoms with Gasteiger partial charge in [-0.05, 0) is 60.0 Å². The number of rotatable bonds is 8. The van der Waals surface area contributed by atoms with Gasteiger partial charge < -0.3 is 14.2 Å². The third-order valence-corrected chi connectivity index (χ3v) is 4.82. The van der Waals surface area contributed by atoms with Crippen LogP contribution in [0.3, 0.4) is 0 Å². The Balaban J connectivity index is 1.64. The van der Waals surface area contributed by atoms with E-state index >= 15 is 0 Å². The molecule has 0 heterocycles. The van der Waals surface area contributed by atoms with E-state index in [2.05, 4.69) is 6.58 Å². The van der Waals surface area contributed by atoms with Crippen LogP contribution in [0, 0.1) is 0 Å². The largest absolute Gasteiger partial charge is 0.490 e. The Morgan fingerprint density at radius 2 is 1.42 bits per heavy atom. The van der Waals surface area contributed by atoms with Gasteiger partial charge >= 0.3 is 11.9 Å². The monoisotopic (exact) mass is 416 g/mol. The van der Waals surface area contributed by atoms with Crippen LogP contribution in [0.2, 0.25) is 0 Å². The van der Waals surface area contributed by atoms with Crippen molar-refractivity contribution in [2.24, 2.45) is 0 Å². The highest BCUT2D eigenvalue weighted by Crippen LogP contribution is 2.24. The lowest BCUT2D eigenvalue weighted by molar-refractivity contribution is -0.142. The Bertz CT molecular complexity index is 1030. The summed E-state index contributed by atoms with van der Waals surface area (Å²) in [5.41, 5.74) is 3.23. The Hall–Kier alpha value is -3.86. The van der Waals surface area contributed by atoms with Gasteiger partial charge in [0.05, 0.1) is 18.6 Å². The zero-order valence-corrected chi connectivity index (χ0v) is 17.5. The molecule has 0 aliphatic carbocycles. The molecule has 0 amide bonds. The summed E-state index contributed by atoms with van der Waals surface area (Å²) in [7, 11) is 1.36. The van der Waals surface area contributed by atoms with Crippen molar-refractivity contribution in [3.8, 4) is 22.6 Å². The van der Waals surface area contributed by atoms with E-state index in [1.54, 1.807) is 49.4 Å². The number of carbonyl (C=O) groups excluding carboxylic acids is 2. The summed E-state index contributed by atoms with van der Waals surface area (Å²) in [5.74, 6) is 0.0306. The molecule has 0 saturated carbocycles. The molecule has 0 aliphatic rings. The number of esters is 2. The van der Waals surface area contributed by atoms with Gasteiger partial charge in [0.1, 0.15) is 18.1 Å². The highest BCUT2D eigenvalue weighted by molar-refractivity contribution is 5.91. The molecule has 5 nitrogen and oxygen atoms in total. The summed E-state index contributed by atoms with van der Waals surface area (Å²) in [6.45, 7) is 5.85. The van der Waals surface area contributed by atoms with Crippen LogP contribution in [0.25, 0.3) is 11.1 Å². The van der Waals surface area contributed by atoms with Crippen molar-refractivity contribution < 1.29 is 23.8 Å². The first-order chi connectivity index (χ1) is 15.0. The van der Waals surface area contributed by atoms with Crippen LogP contribution >= 0.6 is 0 Å². The maximum Gasteiger partial charge on any atom is 0.343 e. The van der Waals surface area contributed by atoms with Crippen molar-refractivity contribution in [1.29, 1.82) is 0 Å². The van der Waals surface area contributed by atoms with Crippen LogP contribution in [0.15, 0.2) is 85.5 Å². The lowest BCUT2D eigenvalue weighted by atomic mass is 10.0. The van der Waals surface area contributed by atoms with Crippen molar-refractivity contribution in [3.05, 3.63) is 96.6 Å². The molecule has 0 bridgehead atoms. The molecule has 3 aromatic carbocycles. The number of hydrogen-bond donors (Lipinski definition) is 0. The first kappa shape index (κ1) is 21.8. The third kappa shape index (κ3) is 5.60. The van der Waals surface area contributed by atoms with Crippen molar-refractivity contribution in [3.63, 3.8) is 0 Å². The molecule has 158 valence electrons. The van der Waals surface area contributed by atoms with Crippen LogP contribution in [0.4, 0.5) is 0 Å². The molecule has 0 fully saturated rings. The number of methoxy groups -OCH3 is 1. The fourth-order valence-electron chi connectivity index (χ4n) is 3.00. The number of benzene rings is 3. The van der Waals surface area contributed by atoms with Crippen LogP contribution in [0.5, 0.6) is 11.5 Å². The zero-order valence-electron chi connectivity index (χ0n) is 17.5. The van der Waals surface area contributed by atoms with E-state index in [4.69, 9.17) is 14.2 Å². The molecule has 3 rings (SSSR count). The minimum atomic E-state index is -0.450. The number of ether oxygens (including phenoxy) is 3. The molecule has 5 heteroatoms. The second-order valence-electron chi connectivity index (χ2n) is 6.90. The number of carbonyl (C=O) groups is 2. The van der Waals surface area contributed by atoms with E-state index in [1.165, 1.54) is 7.11 Å². The lowest BCUT2D eigenvalue weighted by Crippen LogP contribution is -2.11. The molecule has 0 spiro atoms. The zero-order chi connectivity index (χ0) is 22.2. The van der Waals surface area contributed by atoms with Crippen molar-refractivity contribution >= 4 is 11.9 Å². The average Bonchev–Trinajstić information content (AvgIpc) is 2.82. The summed E-state index contributed by atoms with van der Waals surface area (Å²) in [6, 6.07) is 21.7. The van der Waals surface area contributed by atoms with Gasteiger partial charge in [-0.15, -0.1) is 0 Å². The van der Waals surface area contributed by atoms with Crippen LogP contribution in [-0.4, -0.2) is 25.7 Å². The van der Waals surface area contributed by atoms with E-state index in [9.17, 15) is 9.59 Å². The molecule has 31 heavy (non-hydrogen) atoms. The smallest absolute Gasteiger partial charge is 0.343 e. The summed E-state index contributed by atoms with van der Waals surface area (Å²) in [6.07, 6.45) is 1.70. The van der Waals surface area contributed by atoms with Crippen LogP contribution in [0.1, 0.15) is 28.8 Å². The van der Waals surface area contributed by atoms with E-state index in [1.807, 2.05) is 36.4 Å². The summed E-state index contributed by atoms with van der Waals surface area (Å²) < 4.78 is 15.7. The second kappa shape index (κ2) is 10.3. The van der Waals surface area contributed by atoms with E-state index in [0.29, 0.717) is 17.9 Å². The van der Waals surface area contributed by atoms with Gasteiger partial charge in [0.25, 0.3) is 0 Å². The van der Waals surface area contributed by atoms with Gasteiger partial charge in [-0.1, -0.05) is 49.1 Å². The highest BCUT2D eigenvalue weighted by Gasteiger charge is 2.16. The molecule has 0 saturated heterocycles. The summed E-state index contributed by atoms with van der Waals surface area (Å²) in [5, 5.41) is 0. The fraction of sp³-hybridized carbons (Fsp3) is 0.154. The van der Waals surface area contributed by atoms with Crippen LogP contribution in [-0.2, 0) is 9.53 Å². The highest BCUT2D eigenvalue weighted by atomic mass is 16.5. The molecule has 0 N–H and O–H groups in total. The quantitative estimate of drug-likeness (QED) is 0.279. The van der Waals surface area contributed by atoms with Gasteiger partial charge in [-0.2, -0.15) is 0 Å². The second-order valence-corrected chi connectivity index (χ2v) is 6.90. The Kier molecular flexibility index (Phi) is 7.22. The van der Waals surface area contributed by atoms with Gasteiger partial charge in [0.15, 0.2) is 0 Å². The van der Waals surface area contributed by atoms with Gasteiger partial charge in [0.2, 0.25) is 0 Å². The summed E-state index contributed by atoms with van der Waals surface area (Å²) in [4.78, 5) is 24.1. The summed E-state index contributed by atoms with van der Waals surface area (Å²) >= 11 is 0. The molecular weight excluding hydrogens is 392 g/mol. The third-order valence-electron chi connectivity index (χ3n) is 4.82. The fourth-order valence-corrected chi connectivity index (χ4v) is 3.00. The van der Waals surface area contributed by atoms with E-state index < -0.39 is 5.97 Å². The standard InChI is InChI=1S/C26H24O5/c1-4-17-30-23-13-11-21(12-14-23)20-5-7-22(8-6-20)26(28)31-24-15-9-19(10-16-24)18(2)25(27)29-3/h4-16,18H,1,17H2,2-3H3. The average molecular weight is 416 g/mol. The molecule has 0 aliphatic heterocycles. The number of hydrogen-bond acceptors (Lipinski definition) is 5. The molecule has 0 radical (unpaired) electrons. The predicted molar refractivity (Wildman–Crippen MR) is 119 cm³/mol. The topological polar surface area (TPSA) is 61.8 Å². The van der Waals surface area contributed by atoms with E-state index in [0.717, 1.165) is 22.4 Å². The minimum absolute atomic E-state index is 0.316. The maximum absolute atomic E-state index is 12.5.